The van der Waals surface area contributed by atoms with Crippen molar-refractivity contribution < 1.29 is 14.7 Å². The lowest BCUT2D eigenvalue weighted by atomic mass is 9.83. The maximum absolute atomic E-state index is 12.3. The maximum atomic E-state index is 12.3. The standard InChI is InChI=1S/C16H30N2O3/c1-5-6-16(14(20)21)7-8-18(11-16)13(19)9-12(17)10-15(2,3)4/h12H,5-11,17H2,1-4H3,(H,20,21). The highest BCUT2D eigenvalue weighted by molar-refractivity contribution is 5.81. The molecule has 3 N–H and O–H groups in total. The van der Waals surface area contributed by atoms with Gasteiger partial charge < -0.3 is 15.7 Å². The average molecular weight is 298 g/mol. The first-order chi connectivity index (χ1) is 9.59. The molecule has 0 saturated carbocycles. The van der Waals surface area contributed by atoms with Crippen LogP contribution in [-0.2, 0) is 9.59 Å². The minimum absolute atomic E-state index is 0.00835. The highest BCUT2D eigenvalue weighted by Gasteiger charge is 2.45. The Bertz CT molecular complexity index is 389. The molecular weight excluding hydrogens is 268 g/mol. The first-order valence-electron chi connectivity index (χ1n) is 7.86. The maximum Gasteiger partial charge on any atom is 0.311 e. The molecule has 5 heteroatoms. The monoisotopic (exact) mass is 298 g/mol. The lowest BCUT2D eigenvalue weighted by molar-refractivity contribution is -0.149. The summed E-state index contributed by atoms with van der Waals surface area (Å²) in [7, 11) is 0. The summed E-state index contributed by atoms with van der Waals surface area (Å²) in [4.78, 5) is 25.5. The molecule has 0 radical (unpaired) electrons. The summed E-state index contributed by atoms with van der Waals surface area (Å²) in [6.45, 7) is 9.15. The Kier molecular flexibility index (Phi) is 5.79. The largest absolute Gasteiger partial charge is 0.481 e. The molecule has 2 unspecified atom stereocenters. The molecule has 0 aromatic carbocycles. The van der Waals surface area contributed by atoms with E-state index in [1.54, 1.807) is 4.90 Å². The van der Waals surface area contributed by atoms with Gasteiger partial charge in [0, 0.05) is 25.6 Å². The normalized spacial score (nSPS) is 24.1. The van der Waals surface area contributed by atoms with Crippen molar-refractivity contribution in [1.29, 1.82) is 0 Å². The minimum Gasteiger partial charge on any atom is -0.481 e. The molecule has 5 nitrogen and oxygen atoms in total. The van der Waals surface area contributed by atoms with E-state index in [4.69, 9.17) is 5.73 Å². The second kappa shape index (κ2) is 6.77. The molecule has 1 saturated heterocycles. The number of likely N-dealkylation sites (tertiary alicyclic amines) is 1. The number of carboxylic acid groups (broad SMARTS) is 1. The van der Waals surface area contributed by atoms with Gasteiger partial charge in [0.1, 0.15) is 0 Å². The lowest BCUT2D eigenvalue weighted by Gasteiger charge is -2.26. The van der Waals surface area contributed by atoms with Crippen LogP contribution in [-0.4, -0.2) is 41.0 Å². The fraction of sp³-hybridized carbons (Fsp3) is 0.875. The first-order valence-corrected chi connectivity index (χ1v) is 7.86. The van der Waals surface area contributed by atoms with Gasteiger partial charge in [-0.25, -0.2) is 0 Å². The Labute approximate surface area is 127 Å². The third-order valence-electron chi connectivity index (χ3n) is 4.20. The number of carboxylic acids is 1. The van der Waals surface area contributed by atoms with Gasteiger partial charge in [0.2, 0.25) is 5.91 Å². The molecule has 0 aliphatic carbocycles. The van der Waals surface area contributed by atoms with Gasteiger partial charge in [0.25, 0.3) is 0 Å². The van der Waals surface area contributed by atoms with E-state index in [1.807, 2.05) is 6.92 Å². The van der Waals surface area contributed by atoms with E-state index in [9.17, 15) is 14.7 Å². The molecule has 21 heavy (non-hydrogen) atoms. The SMILES string of the molecule is CCCC1(C(=O)O)CCN(C(=O)CC(N)CC(C)(C)C)C1. The number of aliphatic carboxylic acids is 1. The first kappa shape index (κ1) is 18.0. The predicted octanol–water partition coefficient (Wildman–Crippen LogP) is 2.24. The Balaban J connectivity index is 2.59. The Morgan fingerprint density at radius 2 is 2.00 bits per heavy atom. The fourth-order valence-corrected chi connectivity index (χ4v) is 3.26. The molecule has 122 valence electrons. The van der Waals surface area contributed by atoms with Crippen LogP contribution in [0.5, 0.6) is 0 Å². The number of carbonyl (C=O) groups excluding carboxylic acids is 1. The van der Waals surface area contributed by atoms with Crippen LogP contribution in [0.15, 0.2) is 0 Å². The van der Waals surface area contributed by atoms with E-state index in [1.165, 1.54) is 0 Å². The van der Waals surface area contributed by atoms with Crippen molar-refractivity contribution in [3.63, 3.8) is 0 Å². The van der Waals surface area contributed by atoms with Crippen molar-refractivity contribution in [2.45, 2.75) is 65.8 Å². The van der Waals surface area contributed by atoms with Gasteiger partial charge in [0.05, 0.1) is 5.41 Å². The number of carbonyl (C=O) groups is 2. The van der Waals surface area contributed by atoms with Crippen LogP contribution in [0.25, 0.3) is 0 Å². The summed E-state index contributed by atoms with van der Waals surface area (Å²) in [6.07, 6.45) is 3.08. The lowest BCUT2D eigenvalue weighted by Crippen LogP contribution is -2.39. The molecule has 1 aliphatic rings. The van der Waals surface area contributed by atoms with Crippen molar-refractivity contribution in [1.82, 2.24) is 4.90 Å². The molecule has 1 aliphatic heterocycles. The fourth-order valence-electron chi connectivity index (χ4n) is 3.26. The van der Waals surface area contributed by atoms with Crippen molar-refractivity contribution in [2.75, 3.05) is 13.1 Å². The second-order valence-electron chi connectivity index (χ2n) is 7.63. The highest BCUT2D eigenvalue weighted by Crippen LogP contribution is 2.36. The van der Waals surface area contributed by atoms with Crippen LogP contribution < -0.4 is 5.73 Å². The quantitative estimate of drug-likeness (QED) is 0.787. The van der Waals surface area contributed by atoms with Crippen LogP contribution in [0.2, 0.25) is 0 Å². The van der Waals surface area contributed by atoms with Crippen LogP contribution in [0.1, 0.15) is 59.8 Å². The molecule has 0 aromatic rings. The Morgan fingerprint density at radius 1 is 1.38 bits per heavy atom. The third kappa shape index (κ3) is 4.99. The number of rotatable bonds is 6. The summed E-state index contributed by atoms with van der Waals surface area (Å²) in [5.41, 5.74) is 5.39. The molecular formula is C16H30N2O3. The van der Waals surface area contributed by atoms with Crippen molar-refractivity contribution >= 4 is 11.9 Å². The predicted molar refractivity (Wildman–Crippen MR) is 82.8 cm³/mol. The minimum atomic E-state index is -0.779. The molecule has 1 rings (SSSR count). The van der Waals surface area contributed by atoms with Crippen LogP contribution in [0.4, 0.5) is 0 Å². The molecule has 1 amide bonds. The summed E-state index contributed by atoms with van der Waals surface area (Å²) in [5.74, 6) is -0.787. The summed E-state index contributed by atoms with van der Waals surface area (Å²) < 4.78 is 0. The van der Waals surface area contributed by atoms with Gasteiger partial charge in [-0.15, -0.1) is 0 Å². The van der Waals surface area contributed by atoms with E-state index in [-0.39, 0.29) is 17.4 Å². The number of nitrogens with zero attached hydrogens (tertiary/aromatic N) is 1. The summed E-state index contributed by atoms with van der Waals surface area (Å²) >= 11 is 0. The zero-order valence-electron chi connectivity index (χ0n) is 13.8. The number of hydrogen-bond donors (Lipinski definition) is 2. The molecule has 1 heterocycles. The Morgan fingerprint density at radius 3 is 2.48 bits per heavy atom. The average Bonchev–Trinajstić information content (AvgIpc) is 2.72. The molecule has 1 fully saturated rings. The summed E-state index contributed by atoms with van der Waals surface area (Å²) in [6, 6.07) is -0.163. The van der Waals surface area contributed by atoms with Gasteiger partial charge in [-0.1, -0.05) is 34.1 Å². The number of hydrogen-bond acceptors (Lipinski definition) is 3. The summed E-state index contributed by atoms with van der Waals surface area (Å²) in [5, 5.41) is 9.47. The van der Waals surface area contributed by atoms with Gasteiger partial charge in [0.15, 0.2) is 0 Å². The molecule has 0 bridgehead atoms. The van der Waals surface area contributed by atoms with E-state index in [2.05, 4.69) is 20.8 Å². The van der Waals surface area contributed by atoms with Crippen LogP contribution in [0.3, 0.4) is 0 Å². The second-order valence-corrected chi connectivity index (χ2v) is 7.63. The number of amides is 1. The number of nitrogens with two attached hydrogens (primary N) is 1. The molecule has 0 aromatic heterocycles. The van der Waals surface area contributed by atoms with Gasteiger partial charge in [-0.2, -0.15) is 0 Å². The topological polar surface area (TPSA) is 83.6 Å². The van der Waals surface area contributed by atoms with Crippen molar-refractivity contribution in [2.24, 2.45) is 16.6 Å². The van der Waals surface area contributed by atoms with Crippen LogP contribution in [0, 0.1) is 10.8 Å². The highest BCUT2D eigenvalue weighted by atomic mass is 16.4. The van der Waals surface area contributed by atoms with E-state index < -0.39 is 11.4 Å². The van der Waals surface area contributed by atoms with E-state index >= 15 is 0 Å². The Hall–Kier alpha value is -1.10. The molecule has 0 spiro atoms. The zero-order chi connectivity index (χ0) is 16.3. The van der Waals surface area contributed by atoms with Gasteiger partial charge >= 0.3 is 5.97 Å². The zero-order valence-corrected chi connectivity index (χ0v) is 13.8. The molecule has 2 atom stereocenters. The van der Waals surface area contributed by atoms with Crippen molar-refractivity contribution in [3.8, 4) is 0 Å². The van der Waals surface area contributed by atoms with Gasteiger partial charge in [-0.05, 0) is 24.7 Å². The third-order valence-corrected chi connectivity index (χ3v) is 4.20. The van der Waals surface area contributed by atoms with Crippen molar-refractivity contribution in [3.05, 3.63) is 0 Å². The van der Waals surface area contributed by atoms with Crippen LogP contribution >= 0.6 is 0 Å². The van der Waals surface area contributed by atoms with Gasteiger partial charge in [-0.3, -0.25) is 9.59 Å². The van der Waals surface area contributed by atoms with E-state index in [0.717, 1.165) is 12.8 Å². The van der Waals surface area contributed by atoms with E-state index in [0.29, 0.717) is 32.4 Å². The smallest absolute Gasteiger partial charge is 0.311 e.